The van der Waals surface area contributed by atoms with E-state index >= 15 is 0 Å². The van der Waals surface area contributed by atoms with E-state index in [0.717, 1.165) is 33.3 Å². The van der Waals surface area contributed by atoms with E-state index in [9.17, 15) is 19.2 Å². The average molecular weight is 600 g/mol. The van der Waals surface area contributed by atoms with E-state index < -0.39 is 29.4 Å². The van der Waals surface area contributed by atoms with Crippen LogP contribution in [0.15, 0.2) is 84.9 Å². The Labute approximate surface area is 260 Å². The number of hydrogen-bond donors (Lipinski definition) is 2. The van der Waals surface area contributed by atoms with Crippen LogP contribution in [0.5, 0.6) is 0 Å². The number of amides is 4. The molecule has 3 rings (SSSR count). The molecule has 9 nitrogen and oxygen atoms in total. The first-order valence-corrected chi connectivity index (χ1v) is 14.9. The molecule has 0 saturated heterocycles. The third kappa shape index (κ3) is 9.25. The Bertz CT molecular complexity index is 1490. The van der Waals surface area contributed by atoms with Crippen molar-refractivity contribution in [1.29, 1.82) is 0 Å². The first-order chi connectivity index (χ1) is 20.8. The summed E-state index contributed by atoms with van der Waals surface area (Å²) in [4.78, 5) is 55.9. The Kier molecular flexibility index (Phi) is 11.8. The fourth-order valence-electron chi connectivity index (χ4n) is 4.77. The number of benzene rings is 3. The molecule has 3 atom stereocenters. The Morgan fingerprint density at radius 3 is 2.09 bits per heavy atom. The molecule has 44 heavy (non-hydrogen) atoms. The van der Waals surface area contributed by atoms with Crippen molar-refractivity contribution in [3.8, 4) is 0 Å². The van der Waals surface area contributed by atoms with Crippen LogP contribution in [0, 0.1) is 0 Å². The van der Waals surface area contributed by atoms with E-state index in [1.807, 2.05) is 86.6 Å². The van der Waals surface area contributed by atoms with Crippen LogP contribution < -0.4 is 11.2 Å². The van der Waals surface area contributed by atoms with Gasteiger partial charge in [0.1, 0.15) is 12.1 Å². The molecule has 3 N–H and O–H groups in total. The van der Waals surface area contributed by atoms with Crippen LogP contribution in [0.25, 0.3) is 10.8 Å². The normalized spacial score (nSPS) is 14.0. The van der Waals surface area contributed by atoms with Gasteiger partial charge in [-0.05, 0) is 47.7 Å². The highest BCUT2D eigenvalue weighted by molar-refractivity contribution is 5.95. The highest BCUT2D eigenvalue weighted by Gasteiger charge is 2.35. The lowest BCUT2D eigenvalue weighted by Crippen LogP contribution is -2.57. The second kappa shape index (κ2) is 15.3. The maximum absolute atomic E-state index is 14.3. The topological polar surface area (TPSA) is 116 Å². The molecule has 0 bridgehead atoms. The fourth-order valence-corrected chi connectivity index (χ4v) is 4.77. The molecule has 4 amide bonds. The molecule has 0 aromatic heterocycles. The molecule has 0 spiro atoms. The summed E-state index contributed by atoms with van der Waals surface area (Å²) in [5, 5.41) is 3.18. The van der Waals surface area contributed by atoms with Crippen molar-refractivity contribution in [2.75, 3.05) is 21.1 Å². The number of carbonyl (C=O) groups is 4. The highest BCUT2D eigenvalue weighted by Crippen LogP contribution is 2.20. The number of hydrazine groups is 1. The standard InChI is InChI=1S/C35H45N5O4/c1-7-35(3,36)21-13-18-32(42)38(4)31(24-27-19-20-28-16-11-12-17-29(28)22-27)34(44)39(5)30(23-26-14-9-8-10-15-26)33(43)37-40(6)25(2)41/h8-20,22,30-31H,7,21,23-24,36H2,1-6H3,(H,37,43)/b18-13+/t30-,31-,35?/m1/s1. The zero-order valence-electron chi connectivity index (χ0n) is 26.6. The third-order valence-corrected chi connectivity index (χ3v) is 8.14. The van der Waals surface area contributed by atoms with Gasteiger partial charge in [-0.25, -0.2) is 0 Å². The maximum Gasteiger partial charge on any atom is 0.261 e. The second-order valence-corrected chi connectivity index (χ2v) is 11.7. The van der Waals surface area contributed by atoms with Crippen molar-refractivity contribution in [2.45, 2.75) is 64.1 Å². The Balaban J connectivity index is 1.97. The number of fused-ring (bicyclic) bond motifs is 1. The van der Waals surface area contributed by atoms with Gasteiger partial charge in [0.25, 0.3) is 5.91 Å². The van der Waals surface area contributed by atoms with Gasteiger partial charge in [0.05, 0.1) is 0 Å². The van der Waals surface area contributed by atoms with Crippen molar-refractivity contribution in [3.05, 3.63) is 96.1 Å². The van der Waals surface area contributed by atoms with E-state index in [1.54, 1.807) is 20.2 Å². The maximum atomic E-state index is 14.3. The number of carbonyl (C=O) groups excluding carboxylic acids is 4. The minimum Gasteiger partial charge on any atom is -0.332 e. The molecule has 0 radical (unpaired) electrons. The molecule has 3 aromatic carbocycles. The van der Waals surface area contributed by atoms with Gasteiger partial charge in [-0.1, -0.05) is 85.8 Å². The highest BCUT2D eigenvalue weighted by atomic mass is 16.2. The molecular formula is C35H45N5O4. The fraction of sp³-hybridized carbons (Fsp3) is 0.371. The van der Waals surface area contributed by atoms with E-state index in [2.05, 4.69) is 5.43 Å². The average Bonchev–Trinajstić information content (AvgIpc) is 3.01. The molecule has 234 valence electrons. The van der Waals surface area contributed by atoms with E-state index in [0.29, 0.717) is 6.42 Å². The van der Waals surface area contributed by atoms with Crippen LogP contribution >= 0.6 is 0 Å². The molecule has 3 aromatic rings. The monoisotopic (exact) mass is 599 g/mol. The lowest BCUT2D eigenvalue weighted by molar-refractivity contribution is -0.148. The van der Waals surface area contributed by atoms with Gasteiger partial charge in [0.15, 0.2) is 0 Å². The van der Waals surface area contributed by atoms with Gasteiger partial charge in [-0.2, -0.15) is 0 Å². The summed E-state index contributed by atoms with van der Waals surface area (Å²) in [6.07, 6.45) is 4.91. The van der Waals surface area contributed by atoms with Gasteiger partial charge in [0, 0.05) is 46.4 Å². The summed E-state index contributed by atoms with van der Waals surface area (Å²) >= 11 is 0. The summed E-state index contributed by atoms with van der Waals surface area (Å²) in [5.41, 5.74) is 10.1. The lowest BCUT2D eigenvalue weighted by Gasteiger charge is -2.35. The van der Waals surface area contributed by atoms with Crippen LogP contribution in [-0.2, 0) is 32.0 Å². The zero-order chi connectivity index (χ0) is 32.4. The van der Waals surface area contributed by atoms with Crippen LogP contribution in [0.1, 0.15) is 44.7 Å². The number of nitrogens with one attached hydrogen (secondary N) is 1. The van der Waals surface area contributed by atoms with Gasteiger partial charge in [-0.15, -0.1) is 0 Å². The number of hydrogen-bond acceptors (Lipinski definition) is 5. The largest absolute Gasteiger partial charge is 0.332 e. The first kappa shape index (κ1) is 34.0. The number of rotatable bonds is 12. The third-order valence-electron chi connectivity index (χ3n) is 8.14. The van der Waals surface area contributed by atoms with E-state index in [-0.39, 0.29) is 24.7 Å². The Morgan fingerprint density at radius 2 is 1.45 bits per heavy atom. The van der Waals surface area contributed by atoms with Crippen molar-refractivity contribution in [3.63, 3.8) is 0 Å². The summed E-state index contributed by atoms with van der Waals surface area (Å²) < 4.78 is 0. The molecule has 1 unspecified atom stereocenters. The van der Waals surface area contributed by atoms with Crippen molar-refractivity contribution >= 4 is 34.4 Å². The minimum atomic E-state index is -0.952. The van der Waals surface area contributed by atoms with Crippen molar-refractivity contribution < 1.29 is 19.2 Å². The molecule has 9 heteroatoms. The second-order valence-electron chi connectivity index (χ2n) is 11.7. The number of nitrogens with zero attached hydrogens (tertiary/aromatic N) is 3. The molecule has 0 saturated carbocycles. The van der Waals surface area contributed by atoms with Crippen molar-refractivity contribution in [2.24, 2.45) is 5.73 Å². The molecule has 0 fully saturated rings. The first-order valence-electron chi connectivity index (χ1n) is 14.9. The smallest absolute Gasteiger partial charge is 0.261 e. The summed E-state index contributed by atoms with van der Waals surface area (Å²) in [6.45, 7) is 5.25. The summed E-state index contributed by atoms with van der Waals surface area (Å²) in [5.74, 6) is -1.61. The van der Waals surface area contributed by atoms with Gasteiger partial charge < -0.3 is 15.5 Å². The zero-order valence-corrected chi connectivity index (χ0v) is 26.6. The number of nitrogens with two attached hydrogens (primary N) is 1. The molecular weight excluding hydrogens is 554 g/mol. The molecule has 0 aliphatic carbocycles. The van der Waals surface area contributed by atoms with Gasteiger partial charge >= 0.3 is 0 Å². The molecule has 0 heterocycles. The minimum absolute atomic E-state index is 0.215. The predicted octanol–water partition coefficient (Wildman–Crippen LogP) is 3.86. The molecule has 0 aliphatic heterocycles. The van der Waals surface area contributed by atoms with Gasteiger partial charge in [0.2, 0.25) is 17.7 Å². The van der Waals surface area contributed by atoms with Gasteiger partial charge in [-0.3, -0.25) is 29.6 Å². The van der Waals surface area contributed by atoms with Crippen LogP contribution in [0.4, 0.5) is 0 Å². The van der Waals surface area contributed by atoms with Crippen LogP contribution in [-0.4, -0.2) is 77.2 Å². The summed E-state index contributed by atoms with van der Waals surface area (Å²) in [6, 6.07) is 21.4. The lowest BCUT2D eigenvalue weighted by atomic mass is 9.96. The Morgan fingerprint density at radius 1 is 0.841 bits per heavy atom. The Hall–Kier alpha value is -4.50. The van der Waals surface area contributed by atoms with E-state index in [1.165, 1.54) is 29.8 Å². The van der Waals surface area contributed by atoms with E-state index in [4.69, 9.17) is 5.73 Å². The quantitative estimate of drug-likeness (QED) is 0.242. The van der Waals surface area contributed by atoms with Crippen LogP contribution in [0.3, 0.4) is 0 Å². The molecule has 0 aliphatic rings. The SMILES string of the molecule is CCC(C)(N)C/C=C/C(=O)N(C)[C@H](Cc1ccc2ccccc2c1)C(=O)N(C)[C@H](Cc1ccccc1)C(=O)NN(C)C(C)=O. The van der Waals surface area contributed by atoms with Crippen molar-refractivity contribution in [1.82, 2.24) is 20.2 Å². The van der Waals surface area contributed by atoms with Crippen LogP contribution in [0.2, 0.25) is 0 Å². The summed E-state index contributed by atoms with van der Waals surface area (Å²) in [7, 11) is 4.61. The number of likely N-dealkylation sites (N-methyl/N-ethyl adjacent to an activating group) is 2. The predicted molar refractivity (Wildman–Crippen MR) is 174 cm³/mol.